The zero-order valence-corrected chi connectivity index (χ0v) is 8.01. The molecule has 5 heteroatoms. The van der Waals surface area contributed by atoms with E-state index in [1.165, 1.54) is 13.4 Å². The number of hydrogen-bond acceptors (Lipinski definition) is 5. The van der Waals surface area contributed by atoms with Crippen LogP contribution in [0.1, 0.15) is 10.5 Å². The number of carbonyl (C=O) groups is 1. The van der Waals surface area contributed by atoms with Gasteiger partial charge in [-0.05, 0) is 12.1 Å². The Kier molecular flexibility index (Phi) is 2.45. The molecule has 0 aliphatic heterocycles. The molecular weight excluding hydrogens is 196 g/mol. The lowest BCUT2D eigenvalue weighted by Gasteiger charge is -1.92. The maximum atomic E-state index is 11.1. The molecule has 0 N–H and O–H groups in total. The van der Waals surface area contributed by atoms with Gasteiger partial charge < -0.3 is 9.15 Å². The molecule has 0 aliphatic carbocycles. The summed E-state index contributed by atoms with van der Waals surface area (Å²) < 4.78 is 9.63. The highest BCUT2D eigenvalue weighted by Gasteiger charge is 2.13. The number of carbonyl (C=O) groups excluding carboxylic acids is 1. The number of hydrogen-bond donors (Lipinski definition) is 0. The summed E-state index contributed by atoms with van der Waals surface area (Å²) in [6.07, 6.45) is 4.51. The maximum Gasteiger partial charge on any atom is 0.360 e. The zero-order chi connectivity index (χ0) is 10.7. The smallest absolute Gasteiger partial charge is 0.360 e. The van der Waals surface area contributed by atoms with Crippen LogP contribution in [0.3, 0.4) is 0 Å². The van der Waals surface area contributed by atoms with E-state index in [1.54, 1.807) is 24.5 Å². The predicted octanol–water partition coefficient (Wildman–Crippen LogP) is 1.52. The van der Waals surface area contributed by atoms with Gasteiger partial charge in [0.1, 0.15) is 6.26 Å². The van der Waals surface area contributed by atoms with Crippen molar-refractivity contribution in [3.05, 3.63) is 36.5 Å². The Morgan fingerprint density at radius 1 is 1.53 bits per heavy atom. The van der Waals surface area contributed by atoms with Crippen molar-refractivity contribution in [2.24, 2.45) is 0 Å². The molecule has 0 spiro atoms. The molecule has 5 nitrogen and oxygen atoms in total. The van der Waals surface area contributed by atoms with Crippen LogP contribution in [0.4, 0.5) is 0 Å². The molecular formula is C10H8N2O3. The summed E-state index contributed by atoms with van der Waals surface area (Å²) in [7, 11) is 1.29. The van der Waals surface area contributed by atoms with Gasteiger partial charge in [0.15, 0.2) is 5.69 Å². The van der Waals surface area contributed by atoms with E-state index in [9.17, 15) is 4.79 Å². The molecule has 2 aromatic rings. The number of rotatable bonds is 2. The number of nitrogens with zero attached hydrogens (tertiary/aromatic N) is 2. The van der Waals surface area contributed by atoms with Gasteiger partial charge in [0.25, 0.3) is 0 Å². The van der Waals surface area contributed by atoms with Gasteiger partial charge in [-0.1, -0.05) is 0 Å². The number of pyridine rings is 1. The maximum absolute atomic E-state index is 11.1. The van der Waals surface area contributed by atoms with E-state index >= 15 is 0 Å². The highest BCUT2D eigenvalue weighted by Crippen LogP contribution is 2.17. The molecule has 2 rings (SSSR count). The Labute approximate surface area is 85.7 Å². The van der Waals surface area contributed by atoms with Crippen LogP contribution in [-0.2, 0) is 4.74 Å². The van der Waals surface area contributed by atoms with Crippen LogP contribution in [0.25, 0.3) is 11.5 Å². The summed E-state index contributed by atoms with van der Waals surface area (Å²) in [5.74, 6) is -0.169. The molecule has 76 valence electrons. The van der Waals surface area contributed by atoms with E-state index < -0.39 is 5.97 Å². The van der Waals surface area contributed by atoms with Crippen LogP contribution in [0.2, 0.25) is 0 Å². The number of methoxy groups -OCH3 is 1. The Hall–Kier alpha value is -2.17. The summed E-state index contributed by atoms with van der Waals surface area (Å²) in [5.41, 5.74) is 0.865. The summed E-state index contributed by atoms with van der Waals surface area (Å²) in [6.45, 7) is 0. The SMILES string of the molecule is COC(=O)c1coc(-c2cccnc2)n1. The van der Waals surface area contributed by atoms with E-state index in [0.717, 1.165) is 0 Å². The van der Waals surface area contributed by atoms with Crippen LogP contribution >= 0.6 is 0 Å². The molecule has 0 radical (unpaired) electrons. The second-order valence-corrected chi connectivity index (χ2v) is 2.77. The normalized spacial score (nSPS) is 9.93. The first-order valence-corrected chi connectivity index (χ1v) is 4.25. The fourth-order valence-corrected chi connectivity index (χ4v) is 1.09. The fourth-order valence-electron chi connectivity index (χ4n) is 1.09. The molecule has 2 aromatic heterocycles. The lowest BCUT2D eigenvalue weighted by Crippen LogP contribution is -2.00. The van der Waals surface area contributed by atoms with Gasteiger partial charge in [-0.15, -0.1) is 0 Å². The van der Waals surface area contributed by atoms with Crippen molar-refractivity contribution < 1.29 is 13.9 Å². The average molecular weight is 204 g/mol. The lowest BCUT2D eigenvalue weighted by atomic mass is 10.3. The topological polar surface area (TPSA) is 65.2 Å². The highest BCUT2D eigenvalue weighted by atomic mass is 16.5. The van der Waals surface area contributed by atoms with Gasteiger partial charge in [0.2, 0.25) is 5.89 Å². The largest absolute Gasteiger partial charge is 0.464 e. The minimum Gasteiger partial charge on any atom is -0.464 e. The molecule has 15 heavy (non-hydrogen) atoms. The van der Waals surface area contributed by atoms with Crippen molar-refractivity contribution in [3.63, 3.8) is 0 Å². The van der Waals surface area contributed by atoms with E-state index in [2.05, 4.69) is 14.7 Å². The number of ether oxygens (including phenoxy) is 1. The van der Waals surface area contributed by atoms with Gasteiger partial charge in [0.05, 0.1) is 12.7 Å². The van der Waals surface area contributed by atoms with E-state index in [1.807, 2.05) is 0 Å². The molecule has 0 amide bonds. The van der Waals surface area contributed by atoms with E-state index in [4.69, 9.17) is 4.42 Å². The van der Waals surface area contributed by atoms with Crippen molar-refractivity contribution in [3.8, 4) is 11.5 Å². The van der Waals surface area contributed by atoms with Crippen LogP contribution in [0.15, 0.2) is 35.2 Å². The van der Waals surface area contributed by atoms with Gasteiger partial charge in [-0.2, -0.15) is 0 Å². The third kappa shape index (κ3) is 1.85. The third-order valence-corrected chi connectivity index (χ3v) is 1.81. The van der Waals surface area contributed by atoms with E-state index in [-0.39, 0.29) is 5.69 Å². The summed E-state index contributed by atoms with van der Waals surface area (Å²) in [6, 6.07) is 3.55. The molecule has 0 aromatic carbocycles. The summed E-state index contributed by atoms with van der Waals surface area (Å²) in [4.78, 5) is 19.0. The number of esters is 1. The molecule has 0 unspecified atom stereocenters. The number of oxazole rings is 1. The van der Waals surface area contributed by atoms with Gasteiger partial charge in [0, 0.05) is 12.4 Å². The first-order chi connectivity index (χ1) is 7.31. The summed E-state index contributed by atoms with van der Waals surface area (Å²) in [5, 5.41) is 0. The Morgan fingerprint density at radius 3 is 3.07 bits per heavy atom. The first-order valence-electron chi connectivity index (χ1n) is 4.25. The Balaban J connectivity index is 2.32. The van der Waals surface area contributed by atoms with Gasteiger partial charge in [-0.3, -0.25) is 4.98 Å². The van der Waals surface area contributed by atoms with E-state index in [0.29, 0.717) is 11.5 Å². The third-order valence-electron chi connectivity index (χ3n) is 1.81. The second kappa shape index (κ2) is 3.91. The van der Waals surface area contributed by atoms with Crippen LogP contribution < -0.4 is 0 Å². The molecule has 0 saturated carbocycles. The minimum atomic E-state index is -0.520. The van der Waals surface area contributed by atoms with Crippen molar-refractivity contribution in [2.45, 2.75) is 0 Å². The van der Waals surface area contributed by atoms with Crippen LogP contribution in [0.5, 0.6) is 0 Å². The van der Waals surface area contributed by atoms with Crippen LogP contribution in [-0.4, -0.2) is 23.0 Å². The minimum absolute atomic E-state index is 0.149. The lowest BCUT2D eigenvalue weighted by molar-refractivity contribution is 0.0594. The van der Waals surface area contributed by atoms with Crippen molar-refractivity contribution in [1.82, 2.24) is 9.97 Å². The Morgan fingerprint density at radius 2 is 2.40 bits per heavy atom. The quantitative estimate of drug-likeness (QED) is 0.694. The molecule has 0 saturated heterocycles. The number of aromatic nitrogens is 2. The van der Waals surface area contributed by atoms with Crippen molar-refractivity contribution >= 4 is 5.97 Å². The van der Waals surface area contributed by atoms with Crippen molar-refractivity contribution in [2.75, 3.05) is 7.11 Å². The fraction of sp³-hybridized carbons (Fsp3) is 0.100. The monoisotopic (exact) mass is 204 g/mol. The van der Waals surface area contributed by atoms with Crippen molar-refractivity contribution in [1.29, 1.82) is 0 Å². The van der Waals surface area contributed by atoms with Gasteiger partial charge >= 0.3 is 5.97 Å². The molecule has 0 aliphatic rings. The molecule has 0 atom stereocenters. The first kappa shape index (κ1) is 9.39. The highest BCUT2D eigenvalue weighted by molar-refractivity contribution is 5.87. The molecule has 0 fully saturated rings. The summed E-state index contributed by atoms with van der Waals surface area (Å²) >= 11 is 0. The molecule has 2 heterocycles. The standard InChI is InChI=1S/C10H8N2O3/c1-14-10(13)8-6-15-9(12-8)7-3-2-4-11-5-7/h2-6H,1H3. The van der Waals surface area contributed by atoms with Gasteiger partial charge in [-0.25, -0.2) is 9.78 Å². The second-order valence-electron chi connectivity index (χ2n) is 2.77. The molecule has 0 bridgehead atoms. The average Bonchev–Trinajstić information content (AvgIpc) is 2.78. The predicted molar refractivity (Wildman–Crippen MR) is 51.1 cm³/mol. The zero-order valence-electron chi connectivity index (χ0n) is 8.01. The van der Waals surface area contributed by atoms with Crippen LogP contribution in [0, 0.1) is 0 Å². The Bertz CT molecular complexity index is 465.